The van der Waals surface area contributed by atoms with Gasteiger partial charge in [-0.15, -0.1) is 0 Å². The maximum Gasteiger partial charge on any atom is 0.125 e. The van der Waals surface area contributed by atoms with Gasteiger partial charge in [0.15, 0.2) is 0 Å². The fourth-order valence-electron chi connectivity index (χ4n) is 1.44. The maximum atomic E-state index is 12.8. The van der Waals surface area contributed by atoms with Gasteiger partial charge in [0.25, 0.3) is 0 Å². The van der Waals surface area contributed by atoms with Crippen LogP contribution in [0.5, 0.6) is 0 Å². The fourth-order valence-corrected chi connectivity index (χ4v) is 1.44. The lowest BCUT2D eigenvalue weighted by Gasteiger charge is -1.99. The van der Waals surface area contributed by atoms with Gasteiger partial charge in [0, 0.05) is 18.1 Å². The van der Waals surface area contributed by atoms with Crippen molar-refractivity contribution in [3.63, 3.8) is 0 Å². The molecule has 2 aromatic rings. The van der Waals surface area contributed by atoms with Crippen molar-refractivity contribution >= 4 is 16.6 Å². The van der Waals surface area contributed by atoms with E-state index in [1.165, 1.54) is 12.1 Å². The Bertz CT molecular complexity index is 420. The fraction of sp³-hybridized carbons (Fsp3) is 0.200. The summed E-state index contributed by atoms with van der Waals surface area (Å²) in [5.41, 5.74) is 1.86. The molecule has 2 nitrogen and oxygen atoms in total. The summed E-state index contributed by atoms with van der Waals surface area (Å²) in [4.78, 5) is 3.01. The zero-order chi connectivity index (χ0) is 9.26. The van der Waals surface area contributed by atoms with Gasteiger partial charge in [-0.1, -0.05) is 0 Å². The number of H-pyrrole nitrogens is 1. The van der Waals surface area contributed by atoms with Gasteiger partial charge in [0.1, 0.15) is 5.82 Å². The summed E-state index contributed by atoms with van der Waals surface area (Å²) in [5, 5.41) is 4.23. The minimum absolute atomic E-state index is 0.211. The summed E-state index contributed by atoms with van der Waals surface area (Å²) in [6.07, 6.45) is 1.85. The van der Waals surface area contributed by atoms with Crippen molar-refractivity contribution in [2.45, 2.75) is 6.92 Å². The quantitative estimate of drug-likeness (QED) is 0.727. The Kier molecular flexibility index (Phi) is 1.93. The first-order chi connectivity index (χ1) is 6.31. The van der Waals surface area contributed by atoms with Gasteiger partial charge in [-0.25, -0.2) is 4.39 Å². The second-order valence-electron chi connectivity index (χ2n) is 2.92. The zero-order valence-corrected chi connectivity index (χ0v) is 7.39. The third-order valence-corrected chi connectivity index (χ3v) is 2.01. The van der Waals surface area contributed by atoms with Gasteiger partial charge in [-0.2, -0.15) is 0 Å². The summed E-state index contributed by atoms with van der Waals surface area (Å²) < 4.78 is 12.8. The normalized spacial score (nSPS) is 10.6. The average molecular weight is 178 g/mol. The van der Waals surface area contributed by atoms with Crippen LogP contribution >= 0.6 is 0 Å². The third kappa shape index (κ3) is 1.37. The number of aromatic nitrogens is 1. The van der Waals surface area contributed by atoms with Gasteiger partial charge in [0.2, 0.25) is 0 Å². The Morgan fingerprint density at radius 2 is 2.31 bits per heavy atom. The second-order valence-corrected chi connectivity index (χ2v) is 2.92. The van der Waals surface area contributed by atoms with E-state index >= 15 is 0 Å². The molecule has 0 fully saturated rings. The highest BCUT2D eigenvalue weighted by Gasteiger charge is 2.02. The summed E-state index contributed by atoms with van der Waals surface area (Å²) in [5.74, 6) is -0.211. The van der Waals surface area contributed by atoms with Crippen molar-refractivity contribution in [3.05, 3.63) is 30.2 Å². The molecule has 0 saturated heterocycles. The third-order valence-electron chi connectivity index (χ3n) is 2.01. The smallest absolute Gasteiger partial charge is 0.125 e. The van der Waals surface area contributed by atoms with Gasteiger partial charge < -0.3 is 10.3 Å². The van der Waals surface area contributed by atoms with Crippen LogP contribution in [0.3, 0.4) is 0 Å². The van der Waals surface area contributed by atoms with Crippen molar-refractivity contribution in [1.29, 1.82) is 0 Å². The van der Waals surface area contributed by atoms with Crippen molar-refractivity contribution in [2.75, 3.05) is 11.9 Å². The highest BCUT2D eigenvalue weighted by molar-refractivity contribution is 5.92. The SMILES string of the molecule is CCNc1c[nH]c2cc(F)ccc12. The van der Waals surface area contributed by atoms with Gasteiger partial charge >= 0.3 is 0 Å². The molecule has 0 spiro atoms. The first-order valence-corrected chi connectivity index (χ1v) is 4.32. The standard InChI is InChI=1S/C10H11FN2/c1-2-12-10-6-13-9-5-7(11)3-4-8(9)10/h3-6,12-13H,2H2,1H3. The largest absolute Gasteiger partial charge is 0.384 e. The van der Waals surface area contributed by atoms with Crippen molar-refractivity contribution < 1.29 is 4.39 Å². The van der Waals surface area contributed by atoms with Crippen molar-refractivity contribution in [1.82, 2.24) is 4.98 Å². The van der Waals surface area contributed by atoms with Crippen LogP contribution in [-0.2, 0) is 0 Å². The van der Waals surface area contributed by atoms with Crippen LogP contribution in [0.25, 0.3) is 10.9 Å². The number of benzene rings is 1. The molecule has 0 unspecified atom stereocenters. The van der Waals surface area contributed by atoms with Crippen LogP contribution in [0.2, 0.25) is 0 Å². The molecule has 3 heteroatoms. The van der Waals surface area contributed by atoms with Gasteiger partial charge in [0.05, 0.1) is 11.2 Å². The van der Waals surface area contributed by atoms with Crippen LogP contribution in [0, 0.1) is 5.82 Å². The predicted octanol–water partition coefficient (Wildman–Crippen LogP) is 2.74. The van der Waals surface area contributed by atoms with Crippen LogP contribution in [0.15, 0.2) is 24.4 Å². The number of fused-ring (bicyclic) bond motifs is 1. The molecule has 2 rings (SSSR count). The van der Waals surface area contributed by atoms with E-state index in [9.17, 15) is 4.39 Å². The molecule has 0 saturated carbocycles. The lowest BCUT2D eigenvalue weighted by molar-refractivity contribution is 0.629. The molecule has 0 atom stereocenters. The first kappa shape index (κ1) is 8.10. The molecular formula is C10H11FN2. The molecule has 68 valence electrons. The second kappa shape index (κ2) is 3.09. The minimum Gasteiger partial charge on any atom is -0.384 e. The lowest BCUT2D eigenvalue weighted by Crippen LogP contribution is -1.94. The van der Waals surface area contributed by atoms with Crippen LogP contribution in [0.1, 0.15) is 6.92 Å². The van der Waals surface area contributed by atoms with Gasteiger partial charge in [-0.3, -0.25) is 0 Å². The highest BCUT2D eigenvalue weighted by Crippen LogP contribution is 2.23. The van der Waals surface area contributed by atoms with Crippen LogP contribution < -0.4 is 5.32 Å². The van der Waals surface area contributed by atoms with E-state index in [0.29, 0.717) is 0 Å². The Balaban J connectivity index is 2.55. The van der Waals surface area contributed by atoms with E-state index in [2.05, 4.69) is 10.3 Å². The first-order valence-electron chi connectivity index (χ1n) is 4.32. The number of rotatable bonds is 2. The van der Waals surface area contributed by atoms with E-state index in [1.54, 1.807) is 6.07 Å². The number of nitrogens with one attached hydrogen (secondary N) is 2. The van der Waals surface area contributed by atoms with E-state index < -0.39 is 0 Å². The van der Waals surface area contributed by atoms with E-state index in [0.717, 1.165) is 23.1 Å². The predicted molar refractivity (Wildman–Crippen MR) is 52.4 cm³/mol. The van der Waals surface area contributed by atoms with Crippen molar-refractivity contribution in [3.8, 4) is 0 Å². The molecule has 0 aliphatic heterocycles. The topological polar surface area (TPSA) is 27.8 Å². The molecule has 1 aromatic heterocycles. The highest BCUT2D eigenvalue weighted by atomic mass is 19.1. The summed E-state index contributed by atoms with van der Waals surface area (Å²) in [6, 6.07) is 4.74. The van der Waals surface area contributed by atoms with E-state index in [4.69, 9.17) is 0 Å². The van der Waals surface area contributed by atoms with Gasteiger partial charge in [-0.05, 0) is 25.1 Å². The van der Waals surface area contributed by atoms with E-state index in [-0.39, 0.29) is 5.82 Å². The van der Waals surface area contributed by atoms with E-state index in [1.807, 2.05) is 13.1 Å². The lowest BCUT2D eigenvalue weighted by atomic mass is 10.2. The number of anilines is 1. The molecule has 0 aliphatic rings. The molecule has 0 bridgehead atoms. The van der Waals surface area contributed by atoms with Crippen LogP contribution in [-0.4, -0.2) is 11.5 Å². The van der Waals surface area contributed by atoms with Crippen molar-refractivity contribution in [2.24, 2.45) is 0 Å². The van der Waals surface area contributed by atoms with Crippen LogP contribution in [0.4, 0.5) is 10.1 Å². The Hall–Kier alpha value is -1.51. The number of aromatic amines is 1. The molecule has 1 aromatic carbocycles. The molecule has 0 radical (unpaired) electrons. The Morgan fingerprint density at radius 1 is 1.46 bits per heavy atom. The number of halogens is 1. The Labute approximate surface area is 75.8 Å². The molecule has 13 heavy (non-hydrogen) atoms. The maximum absolute atomic E-state index is 12.8. The molecule has 1 heterocycles. The summed E-state index contributed by atoms with van der Waals surface area (Å²) in [7, 11) is 0. The average Bonchev–Trinajstić information content (AvgIpc) is 2.49. The zero-order valence-electron chi connectivity index (χ0n) is 7.39. The minimum atomic E-state index is -0.211. The molecule has 2 N–H and O–H groups in total. The summed E-state index contributed by atoms with van der Waals surface area (Å²) in [6.45, 7) is 2.90. The molecular weight excluding hydrogens is 167 g/mol. The molecule has 0 amide bonds. The summed E-state index contributed by atoms with van der Waals surface area (Å²) >= 11 is 0. The number of hydrogen-bond acceptors (Lipinski definition) is 1. The number of hydrogen-bond donors (Lipinski definition) is 2. The Morgan fingerprint density at radius 3 is 3.08 bits per heavy atom. The molecule has 0 aliphatic carbocycles. The monoisotopic (exact) mass is 178 g/mol.